The predicted octanol–water partition coefficient (Wildman–Crippen LogP) is 15.0. The van der Waals surface area contributed by atoms with Gasteiger partial charge in [0.05, 0.1) is 10.4 Å². The van der Waals surface area contributed by atoms with Crippen LogP contribution in [0.5, 0.6) is 0 Å². The molecule has 0 radical (unpaired) electrons. The van der Waals surface area contributed by atoms with Crippen molar-refractivity contribution in [1.82, 2.24) is 0 Å². The number of hydrogen-bond acceptors (Lipinski definition) is 3. The van der Waals surface area contributed by atoms with E-state index in [0.29, 0.717) is 0 Å². The van der Waals surface area contributed by atoms with Crippen LogP contribution in [0, 0.1) is 13.8 Å². The average Bonchev–Trinajstić information content (AvgIpc) is 3.69. The SMILES string of the molecule is Cc1cc2c3c(c1)N(c1cc(C(C)(C)C)cc4c1sc1ccccc14)c1cc4c(cc1B3c1ccc(C(C)(C)C)cc1N2c1cc(-c2ccccc2)ccc1C)C(C)(C)CC4(C)C. The minimum atomic E-state index is -0.0507. The highest BCUT2D eigenvalue weighted by Crippen LogP contribution is 2.54. The lowest BCUT2D eigenvalue weighted by molar-refractivity contribution is 0.403. The summed E-state index contributed by atoms with van der Waals surface area (Å²) in [7, 11) is 0. The summed E-state index contributed by atoms with van der Waals surface area (Å²) >= 11 is 1.94. The third kappa shape index (κ3) is 6.11. The molecule has 2 nitrogen and oxygen atoms in total. The van der Waals surface area contributed by atoms with Gasteiger partial charge in [0.25, 0.3) is 6.71 Å². The van der Waals surface area contributed by atoms with Crippen molar-refractivity contribution >= 4 is 88.7 Å². The molecule has 0 saturated heterocycles. The number of hydrogen-bond donors (Lipinski definition) is 0. The molecule has 8 aromatic rings. The van der Waals surface area contributed by atoms with Crippen LogP contribution in [0.25, 0.3) is 31.3 Å². The van der Waals surface area contributed by atoms with Gasteiger partial charge >= 0.3 is 0 Å². The lowest BCUT2D eigenvalue weighted by atomic mass is 9.33. The highest BCUT2D eigenvalue weighted by molar-refractivity contribution is 7.26. The van der Waals surface area contributed by atoms with Crippen molar-refractivity contribution in [3.63, 3.8) is 0 Å². The van der Waals surface area contributed by atoms with Crippen molar-refractivity contribution in [1.29, 1.82) is 0 Å². The van der Waals surface area contributed by atoms with Crippen LogP contribution in [0.15, 0.2) is 127 Å². The first-order valence-corrected chi connectivity index (χ1v) is 23.8. The van der Waals surface area contributed by atoms with Gasteiger partial charge in [0.1, 0.15) is 0 Å². The molecule has 3 heterocycles. The van der Waals surface area contributed by atoms with Crippen LogP contribution in [-0.4, -0.2) is 6.71 Å². The Morgan fingerprint density at radius 2 is 1.13 bits per heavy atom. The number of anilines is 6. The molecule has 0 spiro atoms. The van der Waals surface area contributed by atoms with Gasteiger partial charge in [-0.15, -0.1) is 11.3 Å². The van der Waals surface area contributed by atoms with Crippen molar-refractivity contribution in [2.75, 3.05) is 9.80 Å². The number of nitrogens with zero attached hydrogens (tertiary/aromatic N) is 2. The Hall–Kier alpha value is -5.58. The van der Waals surface area contributed by atoms with Crippen molar-refractivity contribution in [3.05, 3.63) is 161 Å². The first kappa shape index (κ1) is 40.2. The van der Waals surface area contributed by atoms with E-state index in [0.717, 1.165) is 6.42 Å². The maximum atomic E-state index is 2.71. The Bertz CT molecular complexity index is 3210. The van der Waals surface area contributed by atoms with Gasteiger partial charge in [-0.3, -0.25) is 0 Å². The van der Waals surface area contributed by atoms with Crippen LogP contribution in [0.2, 0.25) is 0 Å². The van der Waals surface area contributed by atoms with Gasteiger partial charge in [0.15, 0.2) is 0 Å². The second-order valence-electron chi connectivity index (χ2n) is 22.3. The van der Waals surface area contributed by atoms with Crippen LogP contribution in [0.3, 0.4) is 0 Å². The van der Waals surface area contributed by atoms with Crippen LogP contribution in [-0.2, 0) is 21.7 Å². The first-order chi connectivity index (χ1) is 29.8. The molecule has 0 atom stereocenters. The fourth-order valence-corrected chi connectivity index (χ4v) is 12.8. The molecule has 7 aromatic carbocycles. The zero-order chi connectivity index (χ0) is 44.1. The summed E-state index contributed by atoms with van der Waals surface area (Å²) in [5.41, 5.74) is 22.5. The molecular weight excluding hydrogens is 780 g/mol. The van der Waals surface area contributed by atoms with E-state index in [9.17, 15) is 0 Å². The van der Waals surface area contributed by atoms with Gasteiger partial charge in [-0.25, -0.2) is 0 Å². The van der Waals surface area contributed by atoms with Crippen molar-refractivity contribution in [3.8, 4) is 11.1 Å². The molecule has 0 bridgehead atoms. The molecule has 11 rings (SSSR count). The predicted molar refractivity (Wildman–Crippen MR) is 276 cm³/mol. The molecule has 0 unspecified atom stereocenters. The van der Waals surface area contributed by atoms with Gasteiger partial charge in [-0.05, 0) is 151 Å². The Morgan fingerprint density at radius 3 is 1.83 bits per heavy atom. The molecule has 1 aromatic heterocycles. The average molecular weight is 839 g/mol. The highest BCUT2D eigenvalue weighted by atomic mass is 32.1. The topological polar surface area (TPSA) is 6.48 Å². The van der Waals surface area contributed by atoms with E-state index in [1.165, 1.54) is 115 Å². The van der Waals surface area contributed by atoms with E-state index >= 15 is 0 Å². The molecule has 4 heteroatoms. The van der Waals surface area contributed by atoms with Crippen molar-refractivity contribution < 1.29 is 0 Å². The zero-order valence-electron chi connectivity index (χ0n) is 39.2. The molecule has 1 aliphatic carbocycles. The van der Waals surface area contributed by atoms with E-state index in [1.54, 1.807) is 0 Å². The first-order valence-electron chi connectivity index (χ1n) is 23.0. The Morgan fingerprint density at radius 1 is 0.508 bits per heavy atom. The quantitative estimate of drug-likeness (QED) is 0.164. The molecule has 0 saturated carbocycles. The van der Waals surface area contributed by atoms with Crippen LogP contribution >= 0.6 is 11.3 Å². The van der Waals surface area contributed by atoms with Crippen LogP contribution in [0.1, 0.15) is 109 Å². The minimum Gasteiger partial charge on any atom is -0.311 e. The van der Waals surface area contributed by atoms with E-state index in [4.69, 9.17) is 0 Å². The van der Waals surface area contributed by atoms with E-state index < -0.39 is 0 Å². The zero-order valence-corrected chi connectivity index (χ0v) is 40.0. The summed E-state index contributed by atoms with van der Waals surface area (Å²) in [5.74, 6) is 0. The van der Waals surface area contributed by atoms with E-state index in [1.807, 2.05) is 11.3 Å². The van der Waals surface area contributed by atoms with Gasteiger partial charge in [0, 0.05) is 43.9 Å². The Balaban J connectivity index is 1.29. The third-order valence-electron chi connectivity index (χ3n) is 14.7. The largest absolute Gasteiger partial charge is 0.311 e. The van der Waals surface area contributed by atoms with Gasteiger partial charge in [-0.1, -0.05) is 148 Å². The molecule has 2 aliphatic heterocycles. The smallest absolute Gasteiger partial charge is 0.252 e. The standard InChI is InChI=1S/C59H59BN2S/c1-35-26-50-54-51(27-35)62(52-31-40(57(6,7)8)29-42-41-20-16-17-21-53(41)63-55(42)52)49-33-44-43(58(9,10)34-59(44,11)12)32-46(49)60(54)45-25-24-39(56(3,4)5)30-48(45)61(50)47-28-38(23-22-36(47)2)37-18-14-13-15-19-37/h13-33H,34H2,1-12H3. The number of aryl methyl sites for hydroxylation is 2. The summed E-state index contributed by atoms with van der Waals surface area (Å²) in [4.78, 5) is 5.35. The number of fused-ring (bicyclic) bond motifs is 8. The van der Waals surface area contributed by atoms with Gasteiger partial charge in [-0.2, -0.15) is 0 Å². The maximum Gasteiger partial charge on any atom is 0.252 e. The number of thiophene rings is 1. The van der Waals surface area contributed by atoms with Crippen LogP contribution < -0.4 is 26.2 Å². The molecule has 0 fully saturated rings. The number of rotatable bonds is 3. The molecule has 3 aliphatic rings. The second kappa shape index (κ2) is 13.5. The lowest BCUT2D eigenvalue weighted by Crippen LogP contribution is -2.61. The molecule has 314 valence electrons. The summed E-state index contributed by atoms with van der Waals surface area (Å²) in [6.07, 6.45) is 1.12. The summed E-state index contributed by atoms with van der Waals surface area (Å²) in [5, 5.41) is 2.69. The summed E-state index contributed by atoms with van der Waals surface area (Å²) < 4.78 is 2.68. The lowest BCUT2D eigenvalue weighted by Gasteiger charge is -2.45. The Kier molecular flexibility index (Phi) is 8.60. The fraction of sp³-hybridized carbons (Fsp3) is 0.288. The number of benzene rings is 7. The third-order valence-corrected chi connectivity index (χ3v) is 15.9. The van der Waals surface area contributed by atoms with Gasteiger partial charge in [0.2, 0.25) is 0 Å². The minimum absolute atomic E-state index is 0.0228. The van der Waals surface area contributed by atoms with E-state index in [2.05, 4.69) is 220 Å². The van der Waals surface area contributed by atoms with Crippen molar-refractivity contribution in [2.24, 2.45) is 0 Å². The normalized spacial score (nSPS) is 16.0. The Labute approximate surface area is 379 Å². The monoisotopic (exact) mass is 838 g/mol. The van der Waals surface area contributed by atoms with E-state index in [-0.39, 0.29) is 28.4 Å². The molecular formula is C59H59BN2S. The second-order valence-corrected chi connectivity index (χ2v) is 23.4. The molecule has 0 amide bonds. The summed E-state index contributed by atoms with van der Waals surface area (Å²) in [6, 6.07) is 49.7. The fourth-order valence-electron chi connectivity index (χ4n) is 11.6. The van der Waals surface area contributed by atoms with Crippen molar-refractivity contribution in [2.45, 2.75) is 111 Å². The highest BCUT2D eigenvalue weighted by Gasteiger charge is 2.48. The van der Waals surface area contributed by atoms with Crippen LogP contribution in [0.4, 0.5) is 34.1 Å². The molecule has 0 N–H and O–H groups in total. The molecule has 63 heavy (non-hydrogen) atoms. The van der Waals surface area contributed by atoms with Gasteiger partial charge < -0.3 is 9.80 Å². The maximum absolute atomic E-state index is 2.71. The summed E-state index contributed by atoms with van der Waals surface area (Å²) in [6.45, 7) is 28.7.